The van der Waals surface area contributed by atoms with E-state index in [-0.39, 0.29) is 0 Å². The molecule has 2 aromatic heterocycles. The third-order valence-corrected chi connectivity index (χ3v) is 3.23. The lowest BCUT2D eigenvalue weighted by atomic mass is 10.2. The van der Waals surface area contributed by atoms with Gasteiger partial charge in [-0.3, -0.25) is 2.78 Å². The monoisotopic (exact) mass is 310 g/mol. The predicted octanol–water partition coefficient (Wildman–Crippen LogP) is 2.36. The van der Waals surface area contributed by atoms with Gasteiger partial charge in [-0.1, -0.05) is 0 Å². The summed E-state index contributed by atoms with van der Waals surface area (Å²) in [4.78, 5) is 8.25. The zero-order valence-electron chi connectivity index (χ0n) is 7.68. The molecule has 5 heteroatoms. The van der Waals surface area contributed by atoms with Gasteiger partial charge in [-0.2, -0.15) is 0 Å². The third-order valence-electron chi connectivity index (χ3n) is 2.39. The molecule has 0 aliphatic rings. The second kappa shape index (κ2) is 3.06. The molecule has 0 radical (unpaired) electrons. The number of benzene rings is 1. The minimum absolute atomic E-state index is 0.316. The second-order valence-electron chi connectivity index (χ2n) is 3.29. The van der Waals surface area contributed by atoms with Gasteiger partial charge in [0.2, 0.25) is 5.95 Å². The molecule has 0 amide bonds. The summed E-state index contributed by atoms with van der Waals surface area (Å²) in [6.45, 7) is 0. The van der Waals surface area contributed by atoms with Gasteiger partial charge in [0.15, 0.2) is 0 Å². The topological polar surface area (TPSA) is 56.7 Å². The van der Waals surface area contributed by atoms with Crippen LogP contribution in [0.25, 0.3) is 21.8 Å². The Balaban J connectivity index is 2.57. The quantitative estimate of drug-likeness (QED) is 0.649. The molecule has 2 heterocycles. The van der Waals surface area contributed by atoms with E-state index in [0.29, 0.717) is 5.95 Å². The molecule has 0 aliphatic carbocycles. The standard InChI is InChI=1S/C10H7IN4/c11-15-4-3-7-8(15)2-1-6-5-13-10(12)14-9(6)7/h1-5H,(H2,12,13,14). The van der Waals surface area contributed by atoms with Gasteiger partial charge >= 0.3 is 0 Å². The van der Waals surface area contributed by atoms with Gasteiger partial charge in [-0.25, -0.2) is 9.97 Å². The van der Waals surface area contributed by atoms with E-state index in [1.165, 1.54) is 0 Å². The zero-order chi connectivity index (χ0) is 10.4. The van der Waals surface area contributed by atoms with E-state index in [4.69, 9.17) is 5.73 Å². The summed E-state index contributed by atoms with van der Waals surface area (Å²) in [6, 6.07) is 6.10. The molecule has 0 fully saturated rings. The minimum Gasteiger partial charge on any atom is -0.368 e. The largest absolute Gasteiger partial charge is 0.368 e. The fourth-order valence-corrected chi connectivity index (χ4v) is 2.27. The van der Waals surface area contributed by atoms with E-state index in [2.05, 4.69) is 38.9 Å². The first kappa shape index (κ1) is 8.90. The van der Waals surface area contributed by atoms with Gasteiger partial charge in [0.1, 0.15) is 0 Å². The highest BCUT2D eigenvalue weighted by atomic mass is 127. The van der Waals surface area contributed by atoms with Crippen LogP contribution in [-0.2, 0) is 0 Å². The van der Waals surface area contributed by atoms with Crippen LogP contribution in [-0.4, -0.2) is 12.7 Å². The molecule has 3 aromatic rings. The normalized spacial score (nSPS) is 11.3. The smallest absolute Gasteiger partial charge is 0.220 e. The minimum atomic E-state index is 0.316. The van der Waals surface area contributed by atoms with Crippen molar-refractivity contribution in [3.8, 4) is 0 Å². The first-order valence-corrected chi connectivity index (χ1v) is 5.40. The van der Waals surface area contributed by atoms with Crippen molar-refractivity contribution in [3.05, 3.63) is 30.6 Å². The van der Waals surface area contributed by atoms with E-state index in [1.54, 1.807) is 6.20 Å². The van der Waals surface area contributed by atoms with Crippen molar-refractivity contribution in [2.24, 2.45) is 0 Å². The van der Waals surface area contributed by atoms with Gasteiger partial charge in [-0.15, -0.1) is 0 Å². The fraction of sp³-hybridized carbons (Fsp3) is 0. The molecule has 3 rings (SSSR count). The molecule has 0 atom stereocenters. The van der Waals surface area contributed by atoms with Gasteiger partial charge < -0.3 is 5.73 Å². The lowest BCUT2D eigenvalue weighted by Crippen LogP contribution is -1.94. The predicted molar refractivity (Wildman–Crippen MR) is 68.9 cm³/mol. The first-order valence-electron chi connectivity index (χ1n) is 4.44. The summed E-state index contributed by atoms with van der Waals surface area (Å²) in [7, 11) is 0. The highest BCUT2D eigenvalue weighted by Gasteiger charge is 2.05. The summed E-state index contributed by atoms with van der Waals surface area (Å²) in [5.74, 6) is 0.316. The molecular formula is C10H7IN4. The van der Waals surface area contributed by atoms with Crippen LogP contribution in [0, 0.1) is 0 Å². The van der Waals surface area contributed by atoms with Crippen molar-refractivity contribution in [2.75, 3.05) is 5.73 Å². The van der Waals surface area contributed by atoms with Crippen LogP contribution in [0.1, 0.15) is 0 Å². The Morgan fingerprint density at radius 3 is 3.00 bits per heavy atom. The maximum absolute atomic E-state index is 5.59. The molecule has 0 aliphatic heterocycles. The number of rotatable bonds is 0. The summed E-state index contributed by atoms with van der Waals surface area (Å²) >= 11 is 2.24. The molecule has 74 valence electrons. The number of fused-ring (bicyclic) bond motifs is 3. The van der Waals surface area contributed by atoms with E-state index in [1.807, 2.05) is 21.1 Å². The van der Waals surface area contributed by atoms with Crippen LogP contribution in [0.5, 0.6) is 0 Å². The fourth-order valence-electron chi connectivity index (χ4n) is 1.69. The molecule has 0 spiro atoms. The van der Waals surface area contributed by atoms with Crippen molar-refractivity contribution < 1.29 is 0 Å². The van der Waals surface area contributed by atoms with Crippen LogP contribution in [0.3, 0.4) is 0 Å². The average Bonchev–Trinajstić information content (AvgIpc) is 2.61. The summed E-state index contributed by atoms with van der Waals surface area (Å²) in [6.07, 6.45) is 3.75. The number of nitrogens with two attached hydrogens (primary N) is 1. The zero-order valence-corrected chi connectivity index (χ0v) is 9.84. The summed E-state index contributed by atoms with van der Waals surface area (Å²) < 4.78 is 2.03. The number of anilines is 1. The Labute approximate surface area is 99.6 Å². The third kappa shape index (κ3) is 1.26. The second-order valence-corrected chi connectivity index (χ2v) is 4.33. The Hall–Kier alpha value is -1.37. The van der Waals surface area contributed by atoms with Gasteiger partial charge in [0.25, 0.3) is 0 Å². The molecule has 0 unspecified atom stereocenters. The lowest BCUT2D eigenvalue weighted by Gasteiger charge is -2.00. The molecule has 0 bridgehead atoms. The molecule has 2 N–H and O–H groups in total. The van der Waals surface area contributed by atoms with Crippen LogP contribution in [0.4, 0.5) is 5.95 Å². The van der Waals surface area contributed by atoms with Crippen LogP contribution in [0.15, 0.2) is 30.6 Å². The first-order chi connectivity index (χ1) is 7.25. The molecule has 1 aromatic carbocycles. The van der Waals surface area contributed by atoms with E-state index in [0.717, 1.165) is 21.8 Å². The highest BCUT2D eigenvalue weighted by Crippen LogP contribution is 2.25. The molecular weight excluding hydrogens is 303 g/mol. The van der Waals surface area contributed by atoms with Crippen molar-refractivity contribution in [2.45, 2.75) is 0 Å². The molecule has 15 heavy (non-hydrogen) atoms. The van der Waals surface area contributed by atoms with Crippen molar-refractivity contribution in [1.29, 1.82) is 0 Å². The SMILES string of the molecule is Nc1ncc2ccc3c(ccn3I)c2n1. The van der Waals surface area contributed by atoms with Crippen molar-refractivity contribution in [1.82, 2.24) is 12.7 Å². The van der Waals surface area contributed by atoms with Gasteiger partial charge in [-0.05, 0) is 18.2 Å². The lowest BCUT2D eigenvalue weighted by molar-refractivity contribution is 1.24. The Bertz CT molecular complexity index is 659. The van der Waals surface area contributed by atoms with Crippen LogP contribution in [0.2, 0.25) is 0 Å². The summed E-state index contributed by atoms with van der Waals surface area (Å²) in [5.41, 5.74) is 7.64. The average molecular weight is 310 g/mol. The number of nitrogen functional groups attached to an aromatic ring is 1. The maximum atomic E-state index is 5.59. The molecule has 0 saturated carbocycles. The Morgan fingerprint density at radius 1 is 1.27 bits per heavy atom. The van der Waals surface area contributed by atoms with E-state index in [9.17, 15) is 0 Å². The number of hydrogen-bond acceptors (Lipinski definition) is 3. The maximum Gasteiger partial charge on any atom is 0.220 e. The number of halogens is 1. The van der Waals surface area contributed by atoms with E-state index >= 15 is 0 Å². The van der Waals surface area contributed by atoms with Crippen LogP contribution >= 0.6 is 22.9 Å². The van der Waals surface area contributed by atoms with Crippen molar-refractivity contribution >= 4 is 50.6 Å². The van der Waals surface area contributed by atoms with Crippen molar-refractivity contribution in [3.63, 3.8) is 0 Å². The number of aromatic nitrogens is 3. The van der Waals surface area contributed by atoms with Gasteiger partial charge in [0.05, 0.1) is 33.9 Å². The van der Waals surface area contributed by atoms with Crippen LogP contribution < -0.4 is 5.73 Å². The Morgan fingerprint density at radius 2 is 2.13 bits per heavy atom. The number of nitrogens with zero attached hydrogens (tertiary/aromatic N) is 3. The molecule has 4 nitrogen and oxygen atoms in total. The summed E-state index contributed by atoms with van der Waals surface area (Å²) in [5, 5.41) is 2.12. The van der Waals surface area contributed by atoms with Gasteiger partial charge in [0, 0.05) is 23.2 Å². The molecule has 0 saturated heterocycles. The highest BCUT2D eigenvalue weighted by molar-refractivity contribution is 14.1. The Kier molecular flexibility index (Phi) is 1.82. The van der Waals surface area contributed by atoms with E-state index < -0.39 is 0 Å². The number of hydrogen-bond donors (Lipinski definition) is 1.